The topological polar surface area (TPSA) is 210 Å². The van der Waals surface area contributed by atoms with Crippen LogP contribution in [0.25, 0.3) is 0 Å². The second-order valence-electron chi connectivity index (χ2n) is 16.6. The first-order valence-corrected chi connectivity index (χ1v) is 21.3. The van der Waals surface area contributed by atoms with Gasteiger partial charge in [0.2, 0.25) is 17.7 Å². The van der Waals surface area contributed by atoms with Crippen LogP contribution in [0.15, 0.2) is 65.9 Å². The molecule has 1 aliphatic heterocycles. The first-order valence-electron chi connectivity index (χ1n) is 20.5. The molecule has 1 unspecified atom stereocenters. The van der Waals surface area contributed by atoms with E-state index in [0.29, 0.717) is 56.4 Å². The van der Waals surface area contributed by atoms with Crippen LogP contribution in [0.3, 0.4) is 0 Å². The maximum atomic E-state index is 13.7. The van der Waals surface area contributed by atoms with Crippen molar-refractivity contribution < 1.29 is 48.1 Å². The van der Waals surface area contributed by atoms with Crippen LogP contribution in [0.1, 0.15) is 102 Å². The molecule has 1 heterocycles. The van der Waals surface area contributed by atoms with Crippen LogP contribution in [-0.2, 0) is 38.2 Å². The molecule has 61 heavy (non-hydrogen) atoms. The Labute approximate surface area is 366 Å². The number of benzene rings is 1. The Morgan fingerprint density at radius 2 is 1.46 bits per heavy atom. The Morgan fingerprint density at radius 1 is 0.852 bits per heavy atom. The fraction of sp³-hybridized carbons (Fsp3) is 0.523. The lowest BCUT2D eigenvalue weighted by atomic mass is 9.81. The summed E-state index contributed by atoms with van der Waals surface area (Å²) in [5.41, 5.74) is -0.686. The zero-order valence-corrected chi connectivity index (χ0v) is 36.7. The summed E-state index contributed by atoms with van der Waals surface area (Å²) in [6.07, 6.45) is 13.6. The molecule has 2 aliphatic carbocycles. The van der Waals surface area contributed by atoms with Crippen molar-refractivity contribution >= 4 is 64.6 Å². The predicted molar refractivity (Wildman–Crippen MR) is 229 cm³/mol. The largest absolute Gasteiger partial charge is 0.479 e. The number of halogens is 2. The number of carbonyl (C=O) groups excluding carboxylic acids is 6. The average molecular weight is 887 g/mol. The van der Waals surface area contributed by atoms with Gasteiger partial charge in [-0.1, -0.05) is 54.3 Å². The lowest BCUT2D eigenvalue weighted by molar-refractivity contribution is -0.142. The minimum absolute atomic E-state index is 0.00450. The molecule has 17 heteroatoms. The normalized spacial score (nSPS) is 17.3. The molecule has 3 aliphatic rings. The molecule has 5 N–H and O–H groups in total. The van der Waals surface area contributed by atoms with Crippen molar-refractivity contribution in [1.29, 1.82) is 0 Å². The summed E-state index contributed by atoms with van der Waals surface area (Å²) in [4.78, 5) is 88.0. The molecule has 332 valence electrons. The third-order valence-electron chi connectivity index (χ3n) is 10.9. The maximum absolute atomic E-state index is 13.7. The van der Waals surface area contributed by atoms with Gasteiger partial charge in [-0.2, -0.15) is 0 Å². The molecule has 1 aromatic rings. The number of carbonyl (C=O) groups is 7. The molecule has 1 atom stereocenters. The molecule has 1 aromatic carbocycles. The number of amides is 6. The summed E-state index contributed by atoms with van der Waals surface area (Å²) in [5, 5.41) is 21.6. The number of ether oxygens (including phenoxy) is 2. The number of rotatable bonds is 23. The van der Waals surface area contributed by atoms with E-state index in [-0.39, 0.29) is 72.4 Å². The Morgan fingerprint density at radius 3 is 2.08 bits per heavy atom. The highest BCUT2D eigenvalue weighted by Crippen LogP contribution is 2.41. The number of hydrogen-bond acceptors (Lipinski definition) is 9. The summed E-state index contributed by atoms with van der Waals surface area (Å²) in [6, 6.07) is 3.49. The van der Waals surface area contributed by atoms with Crippen molar-refractivity contribution in [2.75, 3.05) is 32.8 Å². The second kappa shape index (κ2) is 22.3. The van der Waals surface area contributed by atoms with Crippen molar-refractivity contribution in [2.24, 2.45) is 5.41 Å². The summed E-state index contributed by atoms with van der Waals surface area (Å²) in [7, 11) is 0. The quantitative estimate of drug-likeness (QED) is 0.0706. The molecule has 0 saturated heterocycles. The zero-order chi connectivity index (χ0) is 44.8. The first kappa shape index (κ1) is 48.8. The van der Waals surface area contributed by atoms with Gasteiger partial charge in [0.25, 0.3) is 17.7 Å². The lowest BCUT2D eigenvalue weighted by Crippen LogP contribution is -2.48. The maximum Gasteiger partial charge on any atom is 0.330 e. The lowest BCUT2D eigenvalue weighted by Gasteiger charge is -2.30. The standard InChI is InChI=1S/C44H57Cl2N5O10/c1-42(2,60-26-22-43(3,4)61-27-24-48-35(53)17-25-51-36(54)14-15-37(51)55)20-16-34(52)47-23-21-44(18-5-6-19-44)41(59)50-33(40(57)58)28-29-10-12-30(13-11-29)49-39(56)38-31(45)8-7-9-32(38)46/h7-10,12-15,28,33H,5-6,11,16-27H2,1-4H3,(H,47,52)(H,48,53)(H,49,56)(H,50,59)(H,57,58). The number of nitrogens with one attached hydrogen (secondary N) is 4. The Balaban J connectivity index is 1.15. The van der Waals surface area contributed by atoms with Gasteiger partial charge in [0.15, 0.2) is 0 Å². The van der Waals surface area contributed by atoms with Crippen LogP contribution in [-0.4, -0.2) is 102 Å². The van der Waals surface area contributed by atoms with E-state index in [0.717, 1.165) is 17.7 Å². The smallest absolute Gasteiger partial charge is 0.330 e. The summed E-state index contributed by atoms with van der Waals surface area (Å²) < 4.78 is 12.1. The molecule has 4 rings (SSSR count). The van der Waals surface area contributed by atoms with Crippen molar-refractivity contribution in [3.05, 3.63) is 81.5 Å². The molecule has 1 fully saturated rings. The molecule has 0 aromatic heterocycles. The highest BCUT2D eigenvalue weighted by Gasteiger charge is 2.42. The van der Waals surface area contributed by atoms with Gasteiger partial charge in [-0.15, -0.1) is 0 Å². The van der Waals surface area contributed by atoms with Gasteiger partial charge < -0.3 is 35.8 Å². The van der Waals surface area contributed by atoms with Crippen LogP contribution in [0.5, 0.6) is 0 Å². The van der Waals surface area contributed by atoms with E-state index in [2.05, 4.69) is 21.3 Å². The third-order valence-corrected chi connectivity index (χ3v) is 11.5. The van der Waals surface area contributed by atoms with Crippen LogP contribution in [0, 0.1) is 5.41 Å². The number of imide groups is 1. The van der Waals surface area contributed by atoms with Crippen LogP contribution < -0.4 is 21.3 Å². The van der Waals surface area contributed by atoms with E-state index in [1.807, 2.05) is 27.7 Å². The Bertz CT molecular complexity index is 1910. The molecule has 1 saturated carbocycles. The molecular formula is C44H57Cl2N5O10. The van der Waals surface area contributed by atoms with Gasteiger partial charge in [0.1, 0.15) is 6.04 Å². The third kappa shape index (κ3) is 15.2. The number of hydrogen-bond donors (Lipinski definition) is 5. The molecule has 0 spiro atoms. The SMILES string of the molecule is CC(C)(CCOC(C)(C)CCC(=O)NCCC1(C(=O)NC(C=C2C=CC(NC(=O)c3c(Cl)cccc3Cl)=CC2)C(=O)O)CCCC1)OCCNC(=O)CCN1C(=O)C=CC1=O. The van der Waals surface area contributed by atoms with E-state index < -0.39 is 46.3 Å². The Hall–Kier alpha value is -4.83. The fourth-order valence-electron chi connectivity index (χ4n) is 7.14. The van der Waals surface area contributed by atoms with E-state index in [9.17, 15) is 38.7 Å². The monoisotopic (exact) mass is 885 g/mol. The zero-order valence-electron chi connectivity index (χ0n) is 35.2. The summed E-state index contributed by atoms with van der Waals surface area (Å²) >= 11 is 12.3. The van der Waals surface area contributed by atoms with Gasteiger partial charge in [-0.25, -0.2) is 4.79 Å². The van der Waals surface area contributed by atoms with Crippen molar-refractivity contribution in [3.63, 3.8) is 0 Å². The Kier molecular flexibility index (Phi) is 17.9. The van der Waals surface area contributed by atoms with Crippen LogP contribution >= 0.6 is 23.2 Å². The molecular weight excluding hydrogens is 829 g/mol. The summed E-state index contributed by atoms with van der Waals surface area (Å²) in [6.45, 7) is 8.82. The van der Waals surface area contributed by atoms with E-state index in [1.54, 1.807) is 36.4 Å². The molecule has 15 nitrogen and oxygen atoms in total. The van der Waals surface area contributed by atoms with Crippen molar-refractivity contribution in [1.82, 2.24) is 26.2 Å². The van der Waals surface area contributed by atoms with Gasteiger partial charge in [0, 0.05) is 50.3 Å². The minimum Gasteiger partial charge on any atom is -0.479 e. The number of allylic oxidation sites excluding steroid dienone is 4. The van der Waals surface area contributed by atoms with E-state index in [1.165, 1.54) is 18.2 Å². The number of carboxylic acids is 1. The van der Waals surface area contributed by atoms with Crippen molar-refractivity contribution in [2.45, 2.75) is 109 Å². The minimum atomic E-state index is -1.28. The predicted octanol–water partition coefficient (Wildman–Crippen LogP) is 5.32. The fourth-order valence-corrected chi connectivity index (χ4v) is 7.71. The first-order chi connectivity index (χ1) is 28.8. The van der Waals surface area contributed by atoms with Crippen molar-refractivity contribution in [3.8, 4) is 0 Å². The number of nitrogens with zero attached hydrogens (tertiary/aromatic N) is 1. The average Bonchev–Trinajstić information content (AvgIpc) is 3.81. The van der Waals surface area contributed by atoms with Gasteiger partial charge in [-0.3, -0.25) is 33.7 Å². The summed E-state index contributed by atoms with van der Waals surface area (Å²) in [5.74, 6) is -3.37. The van der Waals surface area contributed by atoms with Gasteiger partial charge in [-0.05, 0) is 96.1 Å². The van der Waals surface area contributed by atoms with E-state index in [4.69, 9.17) is 32.7 Å². The molecule has 6 amide bonds. The molecule has 0 bridgehead atoms. The van der Waals surface area contributed by atoms with Gasteiger partial charge in [0.05, 0.1) is 45.4 Å². The van der Waals surface area contributed by atoms with E-state index >= 15 is 0 Å². The number of carboxylic acid groups (broad SMARTS) is 1. The highest BCUT2D eigenvalue weighted by molar-refractivity contribution is 6.39. The molecule has 0 radical (unpaired) electrons. The van der Waals surface area contributed by atoms with Crippen LogP contribution in [0.2, 0.25) is 10.0 Å². The van der Waals surface area contributed by atoms with Gasteiger partial charge >= 0.3 is 5.97 Å². The highest BCUT2D eigenvalue weighted by atomic mass is 35.5. The number of aliphatic carboxylic acids is 1. The second-order valence-corrected chi connectivity index (χ2v) is 17.4. The van der Waals surface area contributed by atoms with Crippen LogP contribution in [0.4, 0.5) is 0 Å².